The quantitative estimate of drug-likeness (QED) is 0.574. The van der Waals surface area contributed by atoms with Crippen molar-refractivity contribution in [3.8, 4) is 5.75 Å². The summed E-state index contributed by atoms with van der Waals surface area (Å²) >= 11 is 0. The third kappa shape index (κ3) is 5.71. The maximum absolute atomic E-state index is 12.9. The van der Waals surface area contributed by atoms with Crippen molar-refractivity contribution in [2.75, 3.05) is 0 Å². The van der Waals surface area contributed by atoms with Gasteiger partial charge in [0.05, 0.1) is 11.6 Å². The summed E-state index contributed by atoms with van der Waals surface area (Å²) in [7, 11) is 0. The minimum Gasteiger partial charge on any atom is -0.507 e. The zero-order chi connectivity index (χ0) is 20.9. The molecule has 150 valence electrons. The van der Waals surface area contributed by atoms with E-state index >= 15 is 0 Å². The average molecular weight is 395 g/mol. The van der Waals surface area contributed by atoms with Crippen LogP contribution >= 0.6 is 0 Å². The molecule has 0 aliphatic carbocycles. The number of amides is 1. The maximum Gasteiger partial charge on any atom is 0.419 e. The lowest BCUT2D eigenvalue weighted by molar-refractivity contribution is -0.141. The Balaban J connectivity index is 2.09. The Labute approximate surface area is 158 Å². The van der Waals surface area contributed by atoms with E-state index in [1.54, 1.807) is 30.3 Å². The number of alkyl halides is 3. The lowest BCUT2D eigenvalue weighted by Gasteiger charge is -2.19. The molecule has 0 spiro atoms. The molecule has 0 aliphatic rings. The number of carbonyl (C=O) groups is 2. The molecule has 0 aliphatic heterocycles. The molecule has 2 aromatic carbocycles. The predicted molar refractivity (Wildman–Crippen MR) is 94.5 cm³/mol. The molecule has 0 heterocycles. The van der Waals surface area contributed by atoms with Crippen LogP contribution in [0, 0.1) is 0 Å². The molecule has 0 radical (unpaired) electrons. The second kappa shape index (κ2) is 8.75. The highest BCUT2D eigenvalue weighted by Gasteiger charge is 2.34. The molecule has 0 fully saturated rings. The highest BCUT2D eigenvalue weighted by molar-refractivity contribution is 5.87. The Hall–Kier alpha value is -3.07. The number of hydrogen-bond acceptors (Lipinski definition) is 4. The highest BCUT2D eigenvalue weighted by atomic mass is 19.3. The first kappa shape index (κ1) is 21.2. The van der Waals surface area contributed by atoms with Crippen molar-refractivity contribution in [2.24, 2.45) is 5.73 Å². The van der Waals surface area contributed by atoms with Crippen LogP contribution in [0.15, 0.2) is 48.5 Å². The molecule has 9 heteroatoms. The molecule has 6 nitrogen and oxygen atoms in total. The van der Waals surface area contributed by atoms with E-state index in [9.17, 15) is 33.0 Å². The van der Waals surface area contributed by atoms with Crippen molar-refractivity contribution in [3.05, 3.63) is 65.2 Å². The van der Waals surface area contributed by atoms with Gasteiger partial charge in [-0.25, -0.2) is 4.79 Å². The number of rotatable bonds is 7. The van der Waals surface area contributed by atoms with Crippen molar-refractivity contribution in [1.82, 2.24) is 5.32 Å². The van der Waals surface area contributed by atoms with Gasteiger partial charge in [0.25, 0.3) is 0 Å². The first-order chi connectivity index (χ1) is 13.1. The average Bonchev–Trinajstić information content (AvgIpc) is 2.62. The predicted octanol–water partition coefficient (Wildman–Crippen LogP) is 2.09. The number of phenols is 1. The molecule has 0 aromatic heterocycles. The fourth-order valence-corrected chi connectivity index (χ4v) is 2.61. The summed E-state index contributed by atoms with van der Waals surface area (Å²) in [6.45, 7) is 0. The highest BCUT2D eigenvalue weighted by Crippen LogP contribution is 2.36. The van der Waals surface area contributed by atoms with Gasteiger partial charge in [-0.3, -0.25) is 4.79 Å². The number of hydrogen-bond donors (Lipinski definition) is 4. The van der Waals surface area contributed by atoms with Crippen LogP contribution in [0.2, 0.25) is 0 Å². The zero-order valence-corrected chi connectivity index (χ0v) is 14.6. The van der Waals surface area contributed by atoms with Gasteiger partial charge in [0.15, 0.2) is 0 Å². The number of halogens is 3. The number of carboxylic acid groups (broad SMARTS) is 1. The minimum absolute atomic E-state index is 0.00513. The number of carboxylic acids is 1. The Morgan fingerprint density at radius 3 is 2.25 bits per heavy atom. The summed E-state index contributed by atoms with van der Waals surface area (Å²) in [4.78, 5) is 23.7. The molecule has 2 rings (SSSR count). The Kier molecular flexibility index (Phi) is 6.63. The SMILES string of the molecule is N[C@@H](Cc1ccccc1)C(=O)N[C@@H](Cc1ccc(O)c(C(F)(F)[18F])c1)C(=O)O. The first-order valence-corrected chi connectivity index (χ1v) is 8.29. The van der Waals surface area contributed by atoms with Gasteiger partial charge in [-0.15, -0.1) is 0 Å². The van der Waals surface area contributed by atoms with Crippen molar-refractivity contribution in [1.29, 1.82) is 0 Å². The van der Waals surface area contributed by atoms with Gasteiger partial charge < -0.3 is 21.3 Å². The van der Waals surface area contributed by atoms with E-state index in [0.29, 0.717) is 6.07 Å². The lowest BCUT2D eigenvalue weighted by Crippen LogP contribution is -2.50. The number of phenolic OH excluding ortho intramolecular Hbond substituents is 1. The van der Waals surface area contributed by atoms with Crippen LogP contribution in [0.3, 0.4) is 0 Å². The van der Waals surface area contributed by atoms with Crippen molar-refractivity contribution in [3.63, 3.8) is 0 Å². The molecular formula is C19H19F3N2O4. The van der Waals surface area contributed by atoms with E-state index in [0.717, 1.165) is 17.7 Å². The number of benzene rings is 2. The summed E-state index contributed by atoms with van der Waals surface area (Å²) in [5, 5.41) is 20.9. The number of carbonyl (C=O) groups excluding carboxylic acids is 1. The summed E-state index contributed by atoms with van der Waals surface area (Å²) in [5.74, 6) is -3.11. The molecule has 2 aromatic rings. The second-order valence-corrected chi connectivity index (χ2v) is 6.25. The van der Waals surface area contributed by atoms with Crippen LogP contribution in [0.25, 0.3) is 0 Å². The van der Waals surface area contributed by atoms with E-state index in [2.05, 4.69) is 5.32 Å². The molecule has 0 unspecified atom stereocenters. The van der Waals surface area contributed by atoms with Crippen LogP contribution in [0.5, 0.6) is 5.75 Å². The van der Waals surface area contributed by atoms with Crippen LogP contribution in [0.4, 0.5) is 13.2 Å². The topological polar surface area (TPSA) is 113 Å². The summed E-state index contributed by atoms with van der Waals surface area (Å²) in [6, 6.07) is 9.01. The van der Waals surface area contributed by atoms with E-state index in [-0.39, 0.29) is 12.0 Å². The Morgan fingerprint density at radius 2 is 1.68 bits per heavy atom. The molecule has 28 heavy (non-hydrogen) atoms. The third-order valence-electron chi connectivity index (χ3n) is 4.06. The summed E-state index contributed by atoms with van der Waals surface area (Å²) < 4.78 is 38.7. The van der Waals surface area contributed by atoms with Crippen LogP contribution < -0.4 is 11.1 Å². The van der Waals surface area contributed by atoms with Gasteiger partial charge in [0.1, 0.15) is 11.8 Å². The number of aliphatic carboxylic acids is 1. The van der Waals surface area contributed by atoms with E-state index in [1.807, 2.05) is 0 Å². The normalized spacial score (nSPS) is 13.6. The van der Waals surface area contributed by atoms with E-state index < -0.39 is 47.9 Å². The molecular weight excluding hydrogens is 376 g/mol. The number of aromatic hydroxyl groups is 1. The van der Waals surface area contributed by atoms with Gasteiger partial charge in [-0.05, 0) is 29.7 Å². The van der Waals surface area contributed by atoms with E-state index in [4.69, 9.17) is 5.73 Å². The standard InChI is InChI=1S/C19H19F3N2O4/c20-19(21,22)13-8-12(6-7-16(13)25)10-15(18(27)28)24-17(26)14(23)9-11-4-2-1-3-5-11/h1-8,14-15,25H,9-10,23H2,(H,24,26)(H,27,28)/t14-,15-/m0/s1/i20-1. The molecule has 0 saturated heterocycles. The third-order valence-corrected chi connectivity index (χ3v) is 4.06. The largest absolute Gasteiger partial charge is 0.507 e. The second-order valence-electron chi connectivity index (χ2n) is 6.25. The van der Waals surface area contributed by atoms with Gasteiger partial charge in [-0.2, -0.15) is 13.2 Å². The van der Waals surface area contributed by atoms with Crippen molar-refractivity contribution >= 4 is 11.9 Å². The summed E-state index contributed by atoms with van der Waals surface area (Å²) in [5.41, 5.74) is 5.31. The van der Waals surface area contributed by atoms with Crippen molar-refractivity contribution < 1.29 is 33.0 Å². The van der Waals surface area contributed by atoms with Crippen molar-refractivity contribution in [2.45, 2.75) is 31.1 Å². The number of nitrogens with one attached hydrogen (secondary N) is 1. The molecule has 1 amide bonds. The van der Waals surface area contributed by atoms with Crippen LogP contribution in [0.1, 0.15) is 16.7 Å². The van der Waals surface area contributed by atoms with Crippen LogP contribution in [-0.2, 0) is 28.6 Å². The van der Waals surface area contributed by atoms with E-state index in [1.165, 1.54) is 0 Å². The van der Waals surface area contributed by atoms with Crippen LogP contribution in [-0.4, -0.2) is 34.2 Å². The maximum atomic E-state index is 12.9. The molecule has 0 saturated carbocycles. The summed E-state index contributed by atoms with van der Waals surface area (Å²) in [6.07, 6.45) is -5.01. The first-order valence-electron chi connectivity index (χ1n) is 8.29. The Morgan fingerprint density at radius 1 is 1.04 bits per heavy atom. The van der Waals surface area contributed by atoms with Gasteiger partial charge in [0, 0.05) is 6.42 Å². The minimum atomic E-state index is -4.79. The van der Waals surface area contributed by atoms with Gasteiger partial charge in [0.2, 0.25) is 5.91 Å². The van der Waals surface area contributed by atoms with Gasteiger partial charge >= 0.3 is 12.1 Å². The smallest absolute Gasteiger partial charge is 0.419 e. The Bertz CT molecular complexity index is 841. The molecule has 5 N–H and O–H groups in total. The van der Waals surface area contributed by atoms with Gasteiger partial charge in [-0.1, -0.05) is 36.4 Å². The lowest BCUT2D eigenvalue weighted by atomic mass is 10.0. The monoisotopic (exact) mass is 395 g/mol. The fourth-order valence-electron chi connectivity index (χ4n) is 2.61. The molecule has 2 atom stereocenters. The molecule has 0 bridgehead atoms. The fraction of sp³-hybridized carbons (Fsp3) is 0.263. The zero-order valence-electron chi connectivity index (χ0n) is 14.6. The number of nitrogens with two attached hydrogens (primary N) is 1.